The third kappa shape index (κ3) is 8.34. The summed E-state index contributed by atoms with van der Waals surface area (Å²) in [5.74, 6) is -7.58. The molecular formula is C48H36Cl2F4N6O8. The maximum absolute atomic E-state index is 13.9. The van der Waals surface area contributed by atoms with Crippen LogP contribution in [0.4, 0.5) is 17.6 Å². The number of aromatic hydroxyl groups is 2. The van der Waals surface area contributed by atoms with Crippen molar-refractivity contribution in [3.63, 3.8) is 0 Å². The number of benzene rings is 4. The van der Waals surface area contributed by atoms with E-state index in [1.54, 1.807) is 21.9 Å². The quantitative estimate of drug-likeness (QED) is 0.146. The van der Waals surface area contributed by atoms with E-state index in [4.69, 9.17) is 23.2 Å². The number of nitrogens with zero attached hydrogens (tertiary/aromatic N) is 4. The number of amides is 4. The first-order valence-corrected chi connectivity index (χ1v) is 21.8. The Labute approximate surface area is 392 Å². The Hall–Kier alpha value is -7.44. The van der Waals surface area contributed by atoms with E-state index in [0.29, 0.717) is 61.2 Å². The van der Waals surface area contributed by atoms with Crippen LogP contribution in [0.25, 0.3) is 0 Å². The predicted molar refractivity (Wildman–Crippen MR) is 238 cm³/mol. The summed E-state index contributed by atoms with van der Waals surface area (Å²) in [6, 6.07) is 15.7. The summed E-state index contributed by atoms with van der Waals surface area (Å²) < 4.78 is 57.0. The van der Waals surface area contributed by atoms with Crippen LogP contribution in [0.5, 0.6) is 11.5 Å². The Kier molecular flexibility index (Phi) is 12.1. The molecule has 4 aliphatic heterocycles. The van der Waals surface area contributed by atoms with Crippen LogP contribution in [0.15, 0.2) is 94.8 Å². The van der Waals surface area contributed by atoms with Crippen molar-refractivity contribution in [1.29, 1.82) is 0 Å². The Balaban J connectivity index is 0.000000170. The van der Waals surface area contributed by atoms with Crippen LogP contribution in [0, 0.1) is 23.3 Å². The smallest absolute Gasteiger partial charge is 0.274 e. The van der Waals surface area contributed by atoms with Gasteiger partial charge in [0, 0.05) is 85.0 Å². The zero-order valence-corrected chi connectivity index (χ0v) is 36.8. The van der Waals surface area contributed by atoms with Gasteiger partial charge in [0.05, 0.1) is 12.1 Å². The topological polar surface area (TPSA) is 183 Å². The highest BCUT2D eigenvalue weighted by atomic mass is 35.5. The van der Waals surface area contributed by atoms with Crippen LogP contribution < -0.4 is 21.5 Å². The van der Waals surface area contributed by atoms with Crippen molar-refractivity contribution in [1.82, 2.24) is 29.6 Å². The third-order valence-corrected chi connectivity index (χ3v) is 13.0. The molecule has 0 fully saturated rings. The van der Waals surface area contributed by atoms with Gasteiger partial charge in [-0.3, -0.25) is 28.8 Å². The van der Waals surface area contributed by atoms with Gasteiger partial charge in [-0.2, -0.15) is 0 Å². The van der Waals surface area contributed by atoms with E-state index in [0.717, 1.165) is 34.4 Å². The normalized spacial score (nSPS) is 16.5. The van der Waals surface area contributed by atoms with Crippen molar-refractivity contribution in [2.24, 2.45) is 0 Å². The van der Waals surface area contributed by atoms with Gasteiger partial charge in [0.2, 0.25) is 10.9 Å². The Morgan fingerprint density at radius 2 is 0.985 bits per heavy atom. The molecule has 6 aromatic rings. The zero-order chi connectivity index (χ0) is 48.3. The maximum atomic E-state index is 13.9. The molecule has 4 amide bonds. The number of hydrogen-bond donors (Lipinski definition) is 4. The molecule has 4 N–H and O–H groups in total. The fourth-order valence-electron chi connectivity index (χ4n) is 9.03. The molecule has 4 aromatic carbocycles. The summed E-state index contributed by atoms with van der Waals surface area (Å²) in [5, 5.41) is 27.3. The Morgan fingerprint density at radius 1 is 0.588 bits per heavy atom. The van der Waals surface area contributed by atoms with Crippen LogP contribution in [0.3, 0.4) is 0 Å². The molecule has 20 heteroatoms. The Bertz CT molecular complexity index is 3060. The van der Waals surface area contributed by atoms with E-state index in [-0.39, 0.29) is 35.6 Å². The van der Waals surface area contributed by atoms with E-state index in [9.17, 15) is 56.5 Å². The van der Waals surface area contributed by atoms with Crippen molar-refractivity contribution >= 4 is 46.8 Å². The molecule has 0 radical (unpaired) electrons. The number of halogens is 6. The minimum absolute atomic E-state index is 0.0254. The molecule has 4 aliphatic rings. The van der Waals surface area contributed by atoms with Crippen molar-refractivity contribution < 1.29 is 47.0 Å². The van der Waals surface area contributed by atoms with Gasteiger partial charge in [0.15, 0.2) is 22.9 Å². The summed E-state index contributed by atoms with van der Waals surface area (Å²) >= 11 is 12.3. The highest BCUT2D eigenvalue weighted by Gasteiger charge is 2.40. The lowest BCUT2D eigenvalue weighted by Gasteiger charge is -2.35. The van der Waals surface area contributed by atoms with Crippen molar-refractivity contribution in [2.45, 2.75) is 38.0 Å². The average Bonchev–Trinajstić information content (AvgIpc) is 3.58. The van der Waals surface area contributed by atoms with Crippen LogP contribution in [-0.4, -0.2) is 79.0 Å². The van der Waals surface area contributed by atoms with Gasteiger partial charge >= 0.3 is 0 Å². The molecule has 0 aliphatic carbocycles. The fraction of sp³-hybridized carbons (Fsp3) is 0.208. The van der Waals surface area contributed by atoms with Crippen LogP contribution >= 0.6 is 23.2 Å². The monoisotopic (exact) mass is 970 g/mol. The predicted octanol–water partition coefficient (Wildman–Crippen LogP) is 6.03. The number of carbonyl (C=O) groups excluding carboxylic acids is 4. The number of carbonyl (C=O) groups is 4. The van der Waals surface area contributed by atoms with E-state index < -0.39 is 92.5 Å². The van der Waals surface area contributed by atoms with Gasteiger partial charge in [-0.05, 0) is 71.5 Å². The highest BCUT2D eigenvalue weighted by molar-refractivity contribution is 6.31. The molecule has 0 unspecified atom stereocenters. The van der Waals surface area contributed by atoms with Gasteiger partial charge in [-0.1, -0.05) is 47.5 Å². The summed E-state index contributed by atoms with van der Waals surface area (Å²) in [6.45, 7) is 0.771. The number of nitrogens with one attached hydrogen (secondary N) is 2. The molecular weight excluding hydrogens is 935 g/mol. The number of pyridine rings is 2. The van der Waals surface area contributed by atoms with Gasteiger partial charge < -0.3 is 39.8 Å². The number of aromatic nitrogens is 2. The number of rotatable bonds is 6. The second kappa shape index (κ2) is 18.0. The maximum Gasteiger partial charge on any atom is 0.274 e. The molecule has 0 spiro atoms. The fourth-order valence-corrected chi connectivity index (χ4v) is 9.42. The second-order valence-electron chi connectivity index (χ2n) is 16.5. The van der Waals surface area contributed by atoms with Gasteiger partial charge in [0.25, 0.3) is 23.6 Å². The van der Waals surface area contributed by atoms with Gasteiger partial charge in [-0.15, -0.1) is 0 Å². The average molecular weight is 972 g/mol. The minimum Gasteiger partial charge on any atom is -0.503 e. The lowest BCUT2D eigenvalue weighted by molar-refractivity contribution is 0.0679. The SMILES string of the molecule is O=C(NCc1ccc(F)cc1F)c1cn2c(c(O)c1=O)C(=O)N1CCc3cc(Cl)ccc3[C@@H]2C1.O=C(NCc1ccc(F)cc1F)c1cn2c(c(O)c1=O)C(=O)N1CCc3cc(Cl)ccc3[C@H]2C1. The molecule has 0 saturated carbocycles. The summed E-state index contributed by atoms with van der Waals surface area (Å²) in [6.07, 6.45) is 3.59. The number of fused-ring (bicyclic) bond motifs is 12. The summed E-state index contributed by atoms with van der Waals surface area (Å²) in [5.41, 5.74) is 0.445. The largest absolute Gasteiger partial charge is 0.503 e. The van der Waals surface area contributed by atoms with E-state index in [1.165, 1.54) is 33.7 Å². The zero-order valence-electron chi connectivity index (χ0n) is 35.3. The molecule has 68 heavy (non-hydrogen) atoms. The van der Waals surface area contributed by atoms with E-state index in [2.05, 4.69) is 10.6 Å². The molecule has 10 rings (SSSR count). The van der Waals surface area contributed by atoms with E-state index in [1.807, 2.05) is 24.3 Å². The molecule has 14 nitrogen and oxygen atoms in total. The van der Waals surface area contributed by atoms with Crippen LogP contribution in [0.2, 0.25) is 10.0 Å². The molecule has 348 valence electrons. The molecule has 4 bridgehead atoms. The van der Waals surface area contributed by atoms with Gasteiger partial charge in [0.1, 0.15) is 34.4 Å². The second-order valence-corrected chi connectivity index (χ2v) is 17.4. The molecule has 2 aromatic heterocycles. The summed E-state index contributed by atoms with van der Waals surface area (Å²) in [7, 11) is 0. The highest BCUT2D eigenvalue weighted by Crippen LogP contribution is 2.38. The first-order chi connectivity index (χ1) is 32.5. The molecule has 2 atom stereocenters. The standard InChI is InChI=1S/2C24H18ClF2N3O4/c2*25-14-2-4-16-12(7-14)5-6-29-11-19(16)30-10-17(21(31)22(32)20(30)24(29)34)23(33)28-9-13-1-3-15(26)8-18(13)27/h2*1-4,7-8,10,19,32H,5-6,9,11H2,(H,28,33)/t2*19-/m10/s1. The molecule has 6 heterocycles. The minimum atomic E-state index is -1.01. The number of hydrogen-bond acceptors (Lipinski definition) is 8. The lowest BCUT2D eigenvalue weighted by atomic mass is 9.97. The van der Waals surface area contributed by atoms with Gasteiger partial charge in [-0.25, -0.2) is 17.6 Å². The Morgan fingerprint density at radius 3 is 1.37 bits per heavy atom. The van der Waals surface area contributed by atoms with Crippen LogP contribution in [-0.2, 0) is 25.9 Å². The van der Waals surface area contributed by atoms with E-state index >= 15 is 0 Å². The van der Waals surface area contributed by atoms with Crippen molar-refractivity contribution in [3.05, 3.63) is 195 Å². The lowest BCUT2D eigenvalue weighted by Crippen LogP contribution is -2.45. The summed E-state index contributed by atoms with van der Waals surface area (Å²) in [4.78, 5) is 80.5. The van der Waals surface area contributed by atoms with Crippen molar-refractivity contribution in [2.75, 3.05) is 26.2 Å². The molecule has 0 saturated heterocycles. The first-order valence-electron chi connectivity index (χ1n) is 21.0. The van der Waals surface area contributed by atoms with Crippen molar-refractivity contribution in [3.8, 4) is 11.5 Å². The third-order valence-electron chi connectivity index (χ3n) is 12.5. The first kappa shape index (κ1) is 45.7. The van der Waals surface area contributed by atoms with Crippen LogP contribution in [0.1, 0.15) is 87.2 Å².